The third-order valence-electron chi connectivity index (χ3n) is 2.51. The highest BCUT2D eigenvalue weighted by molar-refractivity contribution is 9.10. The molecule has 0 aliphatic rings. The van der Waals surface area contributed by atoms with E-state index in [0.29, 0.717) is 5.69 Å². The van der Waals surface area contributed by atoms with Gasteiger partial charge in [0.25, 0.3) is 5.56 Å². The van der Waals surface area contributed by atoms with E-state index in [2.05, 4.69) is 25.9 Å². The molecule has 0 saturated carbocycles. The van der Waals surface area contributed by atoms with Gasteiger partial charge in [0.05, 0.1) is 5.69 Å². The van der Waals surface area contributed by atoms with Gasteiger partial charge in [-0.3, -0.25) is 19.3 Å². The van der Waals surface area contributed by atoms with Crippen molar-refractivity contribution in [2.45, 2.75) is 0 Å². The van der Waals surface area contributed by atoms with Crippen molar-refractivity contribution >= 4 is 27.8 Å². The van der Waals surface area contributed by atoms with Crippen molar-refractivity contribution in [3.63, 3.8) is 0 Å². The molecular formula is C12H10BrN3O3. The Morgan fingerprint density at radius 2 is 2.05 bits per heavy atom. The quantitative estimate of drug-likeness (QED) is 0.816. The van der Waals surface area contributed by atoms with Crippen molar-refractivity contribution in [3.8, 4) is 5.88 Å². The smallest absolute Gasteiger partial charge is 0.330 e. The van der Waals surface area contributed by atoms with Crippen molar-refractivity contribution in [2.75, 3.05) is 0 Å². The van der Waals surface area contributed by atoms with Crippen LogP contribution in [-0.4, -0.2) is 20.9 Å². The minimum Gasteiger partial charge on any atom is -0.494 e. The number of nitrogens with zero attached hydrogens (tertiary/aromatic N) is 2. The molecule has 1 aromatic carbocycles. The molecule has 0 saturated heterocycles. The molecule has 1 heterocycles. The number of halogens is 1. The molecule has 2 aromatic rings. The Kier molecular flexibility index (Phi) is 3.66. The van der Waals surface area contributed by atoms with Crippen LogP contribution in [0.2, 0.25) is 0 Å². The Hall–Kier alpha value is -2.15. The van der Waals surface area contributed by atoms with E-state index >= 15 is 0 Å². The largest absolute Gasteiger partial charge is 0.494 e. The Morgan fingerprint density at radius 1 is 1.37 bits per heavy atom. The van der Waals surface area contributed by atoms with E-state index in [1.807, 2.05) is 6.07 Å². The SMILES string of the molecule is Cn1c(O)c(C=Nc2ccccc2Br)c(=O)[nH]c1=O. The molecule has 0 fully saturated rings. The van der Waals surface area contributed by atoms with E-state index in [9.17, 15) is 14.7 Å². The van der Waals surface area contributed by atoms with E-state index in [-0.39, 0.29) is 5.56 Å². The number of aromatic amines is 1. The molecule has 0 aliphatic carbocycles. The number of para-hydroxylation sites is 1. The van der Waals surface area contributed by atoms with Crippen LogP contribution < -0.4 is 11.2 Å². The highest BCUT2D eigenvalue weighted by Gasteiger charge is 2.09. The standard InChI is InChI=1S/C12H10BrN3O3/c1-16-11(18)7(10(17)15-12(16)19)6-14-9-5-3-2-4-8(9)13/h2-6,18H,1H3,(H,15,17,19). The van der Waals surface area contributed by atoms with Gasteiger partial charge in [-0.1, -0.05) is 12.1 Å². The summed E-state index contributed by atoms with van der Waals surface area (Å²) in [6, 6.07) is 7.17. The first kappa shape index (κ1) is 13.3. The number of hydrogen-bond donors (Lipinski definition) is 2. The van der Waals surface area contributed by atoms with Gasteiger partial charge < -0.3 is 5.11 Å². The van der Waals surface area contributed by atoms with Crippen LogP contribution in [0.3, 0.4) is 0 Å². The molecular weight excluding hydrogens is 314 g/mol. The lowest BCUT2D eigenvalue weighted by Crippen LogP contribution is -2.30. The molecule has 0 amide bonds. The predicted molar refractivity (Wildman–Crippen MR) is 75.4 cm³/mol. The zero-order valence-electron chi connectivity index (χ0n) is 9.92. The maximum absolute atomic E-state index is 11.6. The number of aliphatic imine (C=N–C) groups is 1. The minimum atomic E-state index is -0.684. The van der Waals surface area contributed by atoms with Crippen molar-refractivity contribution in [2.24, 2.45) is 12.0 Å². The molecule has 0 unspecified atom stereocenters. The maximum Gasteiger partial charge on any atom is 0.330 e. The first-order valence-corrected chi connectivity index (χ1v) is 6.11. The van der Waals surface area contributed by atoms with Gasteiger partial charge in [0.1, 0.15) is 5.56 Å². The molecule has 0 spiro atoms. The van der Waals surface area contributed by atoms with Crippen molar-refractivity contribution in [1.29, 1.82) is 0 Å². The van der Waals surface area contributed by atoms with Gasteiger partial charge in [0.2, 0.25) is 5.88 Å². The zero-order chi connectivity index (χ0) is 14.0. The summed E-state index contributed by atoms with van der Waals surface area (Å²) >= 11 is 3.32. The van der Waals surface area contributed by atoms with E-state index in [4.69, 9.17) is 0 Å². The summed E-state index contributed by atoms with van der Waals surface area (Å²) in [4.78, 5) is 29.0. The van der Waals surface area contributed by atoms with Crippen LogP contribution >= 0.6 is 15.9 Å². The number of rotatable bonds is 2. The summed E-state index contributed by atoms with van der Waals surface area (Å²) in [6.45, 7) is 0. The first-order chi connectivity index (χ1) is 9.00. The van der Waals surface area contributed by atoms with Gasteiger partial charge in [-0.25, -0.2) is 4.79 Å². The molecule has 0 atom stereocenters. The Balaban J connectivity index is 2.51. The second-order valence-electron chi connectivity index (χ2n) is 3.77. The number of nitrogens with one attached hydrogen (secondary N) is 1. The third kappa shape index (κ3) is 2.65. The van der Waals surface area contributed by atoms with Gasteiger partial charge in [-0.15, -0.1) is 0 Å². The summed E-state index contributed by atoms with van der Waals surface area (Å²) in [6.07, 6.45) is 1.22. The number of benzene rings is 1. The highest BCUT2D eigenvalue weighted by Crippen LogP contribution is 2.24. The van der Waals surface area contributed by atoms with Crippen LogP contribution in [0.4, 0.5) is 5.69 Å². The fourth-order valence-electron chi connectivity index (χ4n) is 1.43. The average molecular weight is 324 g/mol. The second kappa shape index (κ2) is 5.23. The van der Waals surface area contributed by atoms with Crippen LogP contribution in [0.15, 0.2) is 43.3 Å². The highest BCUT2D eigenvalue weighted by atomic mass is 79.9. The van der Waals surface area contributed by atoms with E-state index < -0.39 is 17.1 Å². The molecule has 0 radical (unpaired) electrons. The molecule has 98 valence electrons. The predicted octanol–water partition coefficient (Wildman–Crippen LogP) is 1.29. The summed E-state index contributed by atoms with van der Waals surface area (Å²) < 4.78 is 1.69. The fourth-order valence-corrected chi connectivity index (χ4v) is 1.82. The Bertz CT molecular complexity index is 762. The molecule has 7 heteroatoms. The van der Waals surface area contributed by atoms with Crippen LogP contribution in [0.25, 0.3) is 0 Å². The first-order valence-electron chi connectivity index (χ1n) is 5.31. The third-order valence-corrected chi connectivity index (χ3v) is 3.18. The lowest BCUT2D eigenvalue weighted by molar-refractivity contribution is 0.417. The zero-order valence-corrected chi connectivity index (χ0v) is 11.5. The summed E-state index contributed by atoms with van der Waals surface area (Å²) in [5.41, 5.74) is -0.829. The molecule has 2 rings (SSSR count). The molecule has 6 nitrogen and oxygen atoms in total. The number of aromatic hydroxyl groups is 1. The average Bonchev–Trinajstić information content (AvgIpc) is 2.38. The maximum atomic E-state index is 11.6. The lowest BCUT2D eigenvalue weighted by atomic mass is 10.3. The van der Waals surface area contributed by atoms with Gasteiger partial charge >= 0.3 is 5.69 Å². The van der Waals surface area contributed by atoms with Crippen LogP contribution in [0.5, 0.6) is 5.88 Å². The molecule has 0 aliphatic heterocycles. The molecule has 19 heavy (non-hydrogen) atoms. The Labute approximate surface area is 116 Å². The van der Waals surface area contributed by atoms with Crippen molar-refractivity contribution in [1.82, 2.24) is 9.55 Å². The van der Waals surface area contributed by atoms with E-state index in [1.165, 1.54) is 13.3 Å². The van der Waals surface area contributed by atoms with Gasteiger partial charge in [0.15, 0.2) is 0 Å². The van der Waals surface area contributed by atoms with Gasteiger partial charge in [-0.2, -0.15) is 0 Å². The van der Waals surface area contributed by atoms with Gasteiger partial charge in [0, 0.05) is 17.7 Å². The normalized spacial score (nSPS) is 11.1. The van der Waals surface area contributed by atoms with Crippen molar-refractivity contribution < 1.29 is 5.11 Å². The van der Waals surface area contributed by atoms with E-state index in [0.717, 1.165) is 9.04 Å². The molecule has 2 N–H and O–H groups in total. The monoisotopic (exact) mass is 323 g/mol. The fraction of sp³-hybridized carbons (Fsp3) is 0.0833. The van der Waals surface area contributed by atoms with Crippen molar-refractivity contribution in [3.05, 3.63) is 55.1 Å². The number of hydrogen-bond acceptors (Lipinski definition) is 4. The topological polar surface area (TPSA) is 87.4 Å². The second-order valence-corrected chi connectivity index (χ2v) is 4.62. The minimum absolute atomic E-state index is 0.0714. The number of aromatic nitrogens is 2. The Morgan fingerprint density at radius 3 is 2.74 bits per heavy atom. The van der Waals surface area contributed by atoms with Crippen LogP contribution in [-0.2, 0) is 7.05 Å². The van der Waals surface area contributed by atoms with E-state index in [1.54, 1.807) is 18.2 Å². The lowest BCUT2D eigenvalue weighted by Gasteiger charge is -2.03. The summed E-state index contributed by atoms with van der Waals surface area (Å²) in [5.74, 6) is -0.426. The molecule has 1 aromatic heterocycles. The van der Waals surface area contributed by atoms with Crippen LogP contribution in [0, 0.1) is 0 Å². The summed E-state index contributed by atoms with van der Waals surface area (Å²) in [7, 11) is 1.35. The summed E-state index contributed by atoms with van der Waals surface area (Å²) in [5, 5.41) is 9.75. The van der Waals surface area contributed by atoms with Gasteiger partial charge in [-0.05, 0) is 28.1 Å². The number of H-pyrrole nitrogens is 1. The van der Waals surface area contributed by atoms with Crippen LogP contribution in [0.1, 0.15) is 5.56 Å². The molecule has 0 bridgehead atoms.